The predicted molar refractivity (Wildman–Crippen MR) is 106 cm³/mol. The molecule has 0 aromatic heterocycles. The first kappa shape index (κ1) is 18.4. The molecule has 0 radical (unpaired) electrons. The molecule has 1 amide bonds. The van der Waals surface area contributed by atoms with Crippen LogP contribution in [0.25, 0.3) is 0 Å². The Morgan fingerprint density at radius 3 is 2.92 bits per heavy atom. The molecule has 2 aliphatic heterocycles. The van der Waals surface area contributed by atoms with Gasteiger partial charge in [-0.05, 0) is 61.1 Å². The Labute approximate surface area is 163 Å². The standard InChI is InChI=1S/C17H17FIN3O2S/c1-9-6-7-17(2)13(14(23)22-24-3)15(25-16(17)20-9)21-12-5-4-10(19)8-11(12)18/h4-6,8,21H,7H2,1-3H3,(H,22,23). The van der Waals surface area contributed by atoms with Crippen molar-refractivity contribution in [2.75, 3.05) is 12.4 Å². The molecule has 8 heteroatoms. The van der Waals surface area contributed by atoms with Crippen LogP contribution in [0.2, 0.25) is 0 Å². The number of hydroxylamine groups is 1. The van der Waals surface area contributed by atoms with Gasteiger partial charge in [0, 0.05) is 9.27 Å². The summed E-state index contributed by atoms with van der Waals surface area (Å²) in [5.41, 5.74) is 3.54. The Balaban J connectivity index is 2.03. The van der Waals surface area contributed by atoms with Crippen molar-refractivity contribution in [3.8, 4) is 0 Å². The normalized spacial score (nSPS) is 22.3. The van der Waals surface area contributed by atoms with Crippen molar-refractivity contribution in [2.45, 2.75) is 20.3 Å². The van der Waals surface area contributed by atoms with Crippen molar-refractivity contribution in [3.63, 3.8) is 0 Å². The van der Waals surface area contributed by atoms with E-state index in [1.54, 1.807) is 12.1 Å². The van der Waals surface area contributed by atoms with Crippen molar-refractivity contribution in [2.24, 2.45) is 10.4 Å². The van der Waals surface area contributed by atoms with Crippen LogP contribution in [0, 0.1) is 14.8 Å². The van der Waals surface area contributed by atoms with Crippen molar-refractivity contribution >= 4 is 51.0 Å². The van der Waals surface area contributed by atoms with Crippen LogP contribution >= 0.6 is 34.4 Å². The molecule has 1 atom stereocenters. The van der Waals surface area contributed by atoms with Gasteiger partial charge in [0.1, 0.15) is 5.82 Å². The Kier molecular flexibility index (Phi) is 5.21. The summed E-state index contributed by atoms with van der Waals surface area (Å²) < 4.78 is 15.0. The summed E-state index contributed by atoms with van der Waals surface area (Å²) in [6.45, 7) is 3.89. The maximum Gasteiger partial charge on any atom is 0.274 e. The highest BCUT2D eigenvalue weighted by molar-refractivity contribution is 14.1. The van der Waals surface area contributed by atoms with Gasteiger partial charge in [-0.15, -0.1) is 0 Å². The van der Waals surface area contributed by atoms with Gasteiger partial charge in [0.2, 0.25) is 0 Å². The van der Waals surface area contributed by atoms with Crippen molar-refractivity contribution in [1.29, 1.82) is 0 Å². The van der Waals surface area contributed by atoms with E-state index in [1.807, 2.05) is 19.9 Å². The lowest BCUT2D eigenvalue weighted by atomic mass is 9.78. The van der Waals surface area contributed by atoms with Gasteiger partial charge < -0.3 is 5.32 Å². The zero-order valence-electron chi connectivity index (χ0n) is 13.9. The van der Waals surface area contributed by atoms with Gasteiger partial charge >= 0.3 is 0 Å². The van der Waals surface area contributed by atoms with E-state index in [-0.39, 0.29) is 11.7 Å². The summed E-state index contributed by atoms with van der Waals surface area (Å²) in [6.07, 6.45) is 2.65. The molecule has 25 heavy (non-hydrogen) atoms. The molecule has 2 aliphatic rings. The summed E-state index contributed by atoms with van der Waals surface area (Å²) in [5, 5.41) is 4.46. The van der Waals surface area contributed by atoms with Crippen LogP contribution in [0.5, 0.6) is 0 Å². The topological polar surface area (TPSA) is 62.7 Å². The average Bonchev–Trinajstić information content (AvgIpc) is 2.82. The second-order valence-corrected chi connectivity index (χ2v) is 8.23. The van der Waals surface area contributed by atoms with Gasteiger partial charge in [-0.2, -0.15) is 0 Å². The van der Waals surface area contributed by atoms with E-state index in [0.29, 0.717) is 22.7 Å². The minimum atomic E-state index is -0.561. The fourth-order valence-corrected chi connectivity index (χ4v) is 4.64. The molecule has 0 saturated heterocycles. The van der Waals surface area contributed by atoms with Crippen LogP contribution in [0.15, 0.2) is 45.6 Å². The van der Waals surface area contributed by atoms with E-state index >= 15 is 0 Å². The highest BCUT2D eigenvalue weighted by Gasteiger charge is 2.47. The van der Waals surface area contributed by atoms with Crippen LogP contribution in [0.1, 0.15) is 20.3 Å². The van der Waals surface area contributed by atoms with Crippen molar-refractivity contribution in [1.82, 2.24) is 5.48 Å². The number of carbonyl (C=O) groups is 1. The molecular formula is C17H17FIN3O2S. The van der Waals surface area contributed by atoms with Gasteiger partial charge in [-0.1, -0.05) is 17.8 Å². The molecule has 132 valence electrons. The fourth-order valence-electron chi connectivity index (χ4n) is 2.81. The largest absolute Gasteiger partial charge is 0.347 e. The number of hydrogen-bond acceptors (Lipinski definition) is 5. The first-order chi connectivity index (χ1) is 11.8. The van der Waals surface area contributed by atoms with Crippen LogP contribution in [0.4, 0.5) is 10.1 Å². The molecule has 3 rings (SSSR count). The first-order valence-electron chi connectivity index (χ1n) is 7.59. The van der Waals surface area contributed by atoms with E-state index in [2.05, 4.69) is 38.4 Å². The second-order valence-electron chi connectivity index (χ2n) is 5.99. The summed E-state index contributed by atoms with van der Waals surface area (Å²) in [5.74, 6) is -0.730. The molecule has 0 bridgehead atoms. The molecule has 0 aliphatic carbocycles. The number of fused-ring (bicyclic) bond motifs is 1. The number of nitrogens with one attached hydrogen (secondary N) is 2. The summed E-state index contributed by atoms with van der Waals surface area (Å²) in [6, 6.07) is 4.90. The quantitative estimate of drug-likeness (QED) is 0.509. The number of benzene rings is 1. The third-order valence-electron chi connectivity index (χ3n) is 4.13. The van der Waals surface area contributed by atoms with E-state index in [1.165, 1.54) is 24.9 Å². The average molecular weight is 473 g/mol. The second kappa shape index (κ2) is 7.08. The van der Waals surface area contributed by atoms with Gasteiger partial charge in [0.05, 0.1) is 33.9 Å². The van der Waals surface area contributed by atoms with Crippen LogP contribution < -0.4 is 10.8 Å². The molecule has 1 unspecified atom stereocenters. The Morgan fingerprint density at radius 2 is 2.24 bits per heavy atom. The Bertz CT molecular complexity index is 837. The number of carbonyl (C=O) groups excluding carboxylic acids is 1. The fraction of sp³-hybridized carbons (Fsp3) is 0.294. The van der Waals surface area contributed by atoms with Crippen LogP contribution in [-0.2, 0) is 9.63 Å². The lowest BCUT2D eigenvalue weighted by Gasteiger charge is -2.28. The maximum atomic E-state index is 14.2. The number of nitrogens with zero attached hydrogens (tertiary/aromatic N) is 1. The molecular weight excluding hydrogens is 456 g/mol. The minimum Gasteiger partial charge on any atom is -0.347 e. The zero-order chi connectivity index (χ0) is 18.2. The lowest BCUT2D eigenvalue weighted by Crippen LogP contribution is -2.35. The number of halogens is 2. The smallest absolute Gasteiger partial charge is 0.274 e. The molecule has 0 saturated carbocycles. The highest BCUT2D eigenvalue weighted by Crippen LogP contribution is 2.51. The number of amides is 1. The molecule has 1 aromatic carbocycles. The van der Waals surface area contributed by atoms with Crippen molar-refractivity contribution in [3.05, 3.63) is 50.0 Å². The van der Waals surface area contributed by atoms with E-state index in [0.717, 1.165) is 14.3 Å². The lowest BCUT2D eigenvalue weighted by molar-refractivity contribution is -0.128. The number of allylic oxidation sites excluding steroid dienone is 2. The Morgan fingerprint density at radius 1 is 1.48 bits per heavy atom. The zero-order valence-corrected chi connectivity index (χ0v) is 16.9. The Hall–Kier alpha value is -1.39. The third-order valence-corrected chi connectivity index (χ3v) is 6.05. The molecule has 0 spiro atoms. The van der Waals surface area contributed by atoms with E-state index in [4.69, 9.17) is 4.84 Å². The van der Waals surface area contributed by atoms with Gasteiger partial charge in [0.15, 0.2) is 0 Å². The monoisotopic (exact) mass is 473 g/mol. The van der Waals surface area contributed by atoms with Crippen LogP contribution in [0.3, 0.4) is 0 Å². The first-order valence-corrected chi connectivity index (χ1v) is 9.48. The number of hydrogen-bond donors (Lipinski definition) is 2. The van der Waals surface area contributed by atoms with Crippen LogP contribution in [-0.4, -0.2) is 18.1 Å². The summed E-state index contributed by atoms with van der Waals surface area (Å²) in [4.78, 5) is 22.0. The minimum absolute atomic E-state index is 0.318. The SMILES string of the molecule is CONC(=O)C1=C(Nc2ccc(I)cc2F)SC2=NC(C)=CCC21C. The molecule has 2 N–H and O–H groups in total. The van der Waals surface area contributed by atoms with E-state index in [9.17, 15) is 9.18 Å². The predicted octanol–water partition coefficient (Wildman–Crippen LogP) is 4.19. The van der Waals surface area contributed by atoms with Gasteiger partial charge in [-0.25, -0.2) is 9.87 Å². The highest BCUT2D eigenvalue weighted by atomic mass is 127. The number of thioether (sulfide) groups is 1. The molecule has 2 heterocycles. The number of aliphatic imine (C=N–C) groups is 1. The summed E-state index contributed by atoms with van der Waals surface area (Å²) in [7, 11) is 1.38. The molecule has 5 nitrogen and oxygen atoms in total. The number of rotatable bonds is 4. The van der Waals surface area contributed by atoms with Gasteiger partial charge in [0.25, 0.3) is 5.91 Å². The van der Waals surface area contributed by atoms with Gasteiger partial charge in [-0.3, -0.25) is 14.6 Å². The number of anilines is 1. The van der Waals surface area contributed by atoms with Crippen molar-refractivity contribution < 1.29 is 14.0 Å². The maximum absolute atomic E-state index is 14.2. The third kappa shape index (κ3) is 3.47. The summed E-state index contributed by atoms with van der Waals surface area (Å²) >= 11 is 3.41. The molecule has 1 aromatic rings. The van der Waals surface area contributed by atoms with E-state index < -0.39 is 5.41 Å². The molecule has 0 fully saturated rings.